The Morgan fingerprint density at radius 1 is 1.14 bits per heavy atom. The Bertz CT molecular complexity index is 919. The van der Waals surface area contributed by atoms with Crippen molar-refractivity contribution < 1.29 is 18.3 Å². The second kappa shape index (κ2) is 9.26. The van der Waals surface area contributed by atoms with Crippen molar-refractivity contribution in [1.29, 1.82) is 0 Å². The maximum atomic E-state index is 11.3. The summed E-state index contributed by atoms with van der Waals surface area (Å²) in [7, 11) is -3.70. The van der Waals surface area contributed by atoms with Crippen LogP contribution in [0.1, 0.15) is 50.4 Å². The van der Waals surface area contributed by atoms with Crippen LogP contribution < -0.4 is 15.2 Å². The molecule has 0 aliphatic heterocycles. The van der Waals surface area contributed by atoms with Crippen LogP contribution in [0, 0.1) is 6.92 Å². The van der Waals surface area contributed by atoms with E-state index in [-0.39, 0.29) is 23.0 Å². The van der Waals surface area contributed by atoms with Crippen LogP contribution in [0.15, 0.2) is 47.4 Å². The molecule has 2 aromatic carbocycles. The van der Waals surface area contributed by atoms with Gasteiger partial charge in [0.2, 0.25) is 10.0 Å². The first kappa shape index (κ1) is 23.3. The topological polar surface area (TPSA) is 102 Å². The highest BCUT2D eigenvalue weighted by atomic mass is 32.2. The summed E-state index contributed by atoms with van der Waals surface area (Å²) in [4.78, 5) is 0.0785. The molecule has 2 aromatic rings. The molecule has 0 saturated carbocycles. The number of hydrogen-bond donors (Lipinski definition) is 3. The van der Waals surface area contributed by atoms with Crippen molar-refractivity contribution in [3.63, 3.8) is 0 Å². The summed E-state index contributed by atoms with van der Waals surface area (Å²) in [6, 6.07) is 12.4. The second-order valence-corrected chi connectivity index (χ2v) is 10.0. The fourth-order valence-corrected chi connectivity index (χ4v) is 3.42. The standard InChI is InChI=1S/C22H32N2O4S/c1-15-12-18(22(3,4)5)8-11-21(15)28-14-19(25)13-24-16(2)17-6-9-20(10-7-17)29(23,26)27/h6-12,16,19,24-25H,13-14H2,1-5H3,(H2,23,26,27)/t16-,19+/m1/s1. The van der Waals surface area contributed by atoms with E-state index >= 15 is 0 Å². The Kier molecular flexibility index (Phi) is 7.45. The molecule has 0 bridgehead atoms. The first-order valence-corrected chi connectivity index (χ1v) is 11.2. The van der Waals surface area contributed by atoms with Crippen LogP contribution in [0.5, 0.6) is 5.75 Å². The summed E-state index contributed by atoms with van der Waals surface area (Å²) in [5.41, 5.74) is 3.27. The molecule has 0 aliphatic rings. The number of sulfonamides is 1. The van der Waals surface area contributed by atoms with E-state index in [2.05, 4.69) is 38.2 Å². The molecule has 0 radical (unpaired) electrons. The summed E-state index contributed by atoms with van der Waals surface area (Å²) in [6.07, 6.45) is -0.678. The van der Waals surface area contributed by atoms with Gasteiger partial charge in [-0.3, -0.25) is 0 Å². The smallest absolute Gasteiger partial charge is 0.238 e. The van der Waals surface area contributed by atoms with E-state index in [1.165, 1.54) is 17.7 Å². The Hall–Kier alpha value is -1.93. The van der Waals surface area contributed by atoms with Gasteiger partial charge in [-0.2, -0.15) is 0 Å². The van der Waals surface area contributed by atoms with Gasteiger partial charge in [0, 0.05) is 12.6 Å². The minimum Gasteiger partial charge on any atom is -0.491 e. The van der Waals surface area contributed by atoms with Crippen LogP contribution >= 0.6 is 0 Å². The van der Waals surface area contributed by atoms with E-state index in [9.17, 15) is 13.5 Å². The SMILES string of the molecule is Cc1cc(C(C)(C)C)ccc1OC[C@@H](O)CN[C@H](C)c1ccc(S(N)(=O)=O)cc1. The molecule has 0 aliphatic carbocycles. The number of nitrogens with one attached hydrogen (secondary N) is 1. The van der Waals surface area contributed by atoms with Crippen LogP contribution in [0.2, 0.25) is 0 Å². The number of aliphatic hydroxyl groups excluding tert-OH is 1. The predicted molar refractivity (Wildman–Crippen MR) is 116 cm³/mol. The average molecular weight is 421 g/mol. The molecule has 0 fully saturated rings. The van der Waals surface area contributed by atoms with E-state index in [1.54, 1.807) is 12.1 Å². The van der Waals surface area contributed by atoms with Crippen LogP contribution in [-0.4, -0.2) is 32.8 Å². The van der Waals surface area contributed by atoms with E-state index < -0.39 is 16.1 Å². The summed E-state index contributed by atoms with van der Waals surface area (Å²) in [5.74, 6) is 0.767. The molecule has 4 N–H and O–H groups in total. The zero-order chi connectivity index (χ0) is 21.8. The number of hydrogen-bond acceptors (Lipinski definition) is 5. The lowest BCUT2D eigenvalue weighted by Crippen LogP contribution is -2.33. The van der Waals surface area contributed by atoms with Gasteiger partial charge in [-0.1, -0.05) is 45.0 Å². The van der Waals surface area contributed by atoms with Crippen LogP contribution in [0.4, 0.5) is 0 Å². The van der Waals surface area contributed by atoms with Crippen LogP contribution in [0.3, 0.4) is 0 Å². The summed E-state index contributed by atoms with van der Waals surface area (Å²) in [6.45, 7) is 11.0. The number of aliphatic hydroxyl groups is 1. The molecule has 6 nitrogen and oxygen atoms in total. The number of ether oxygens (including phenoxy) is 1. The molecule has 0 amide bonds. The van der Waals surface area contributed by atoms with Crippen molar-refractivity contribution in [3.8, 4) is 5.75 Å². The molecule has 0 heterocycles. The van der Waals surface area contributed by atoms with Gasteiger partial charge in [-0.05, 0) is 54.2 Å². The van der Waals surface area contributed by atoms with Crippen molar-refractivity contribution in [2.24, 2.45) is 5.14 Å². The Morgan fingerprint density at radius 2 is 1.76 bits per heavy atom. The normalized spacial score (nSPS) is 14.4. The maximum absolute atomic E-state index is 11.3. The average Bonchev–Trinajstić information content (AvgIpc) is 2.63. The maximum Gasteiger partial charge on any atom is 0.238 e. The van der Waals surface area contributed by atoms with Crippen molar-refractivity contribution in [1.82, 2.24) is 5.32 Å². The number of aryl methyl sites for hydroxylation is 1. The summed E-state index contributed by atoms with van der Waals surface area (Å²) in [5, 5.41) is 18.6. The van der Waals surface area contributed by atoms with E-state index in [0.717, 1.165) is 16.9 Å². The highest BCUT2D eigenvalue weighted by molar-refractivity contribution is 7.89. The van der Waals surface area contributed by atoms with Gasteiger partial charge in [0.05, 0.1) is 4.90 Å². The number of nitrogens with two attached hydrogens (primary N) is 1. The first-order chi connectivity index (χ1) is 13.4. The summed E-state index contributed by atoms with van der Waals surface area (Å²) < 4.78 is 28.4. The molecule has 2 rings (SSSR count). The molecule has 160 valence electrons. The van der Waals surface area contributed by atoms with Gasteiger partial charge >= 0.3 is 0 Å². The van der Waals surface area contributed by atoms with Crippen LogP contribution in [0.25, 0.3) is 0 Å². The van der Waals surface area contributed by atoms with Gasteiger partial charge < -0.3 is 15.2 Å². The number of primary sulfonamides is 1. The van der Waals surface area contributed by atoms with Crippen molar-refractivity contribution in [2.45, 2.75) is 57.1 Å². The molecular weight excluding hydrogens is 388 g/mol. The molecule has 0 aromatic heterocycles. The fraction of sp³-hybridized carbons (Fsp3) is 0.455. The minimum absolute atomic E-state index is 0.0630. The quantitative estimate of drug-likeness (QED) is 0.609. The lowest BCUT2D eigenvalue weighted by Gasteiger charge is -2.21. The zero-order valence-corrected chi connectivity index (χ0v) is 18.6. The van der Waals surface area contributed by atoms with Crippen molar-refractivity contribution >= 4 is 10.0 Å². The van der Waals surface area contributed by atoms with Gasteiger partial charge in [-0.25, -0.2) is 13.6 Å². The fourth-order valence-electron chi connectivity index (χ4n) is 2.90. The molecule has 0 saturated heterocycles. The Labute approximate surface area is 174 Å². The summed E-state index contributed by atoms with van der Waals surface area (Å²) >= 11 is 0. The van der Waals surface area contributed by atoms with Gasteiger partial charge in [-0.15, -0.1) is 0 Å². The van der Waals surface area contributed by atoms with Crippen molar-refractivity contribution in [2.75, 3.05) is 13.2 Å². The lowest BCUT2D eigenvalue weighted by atomic mass is 9.86. The van der Waals surface area contributed by atoms with E-state index in [0.29, 0.717) is 6.54 Å². The number of benzene rings is 2. The highest BCUT2D eigenvalue weighted by Crippen LogP contribution is 2.27. The second-order valence-electron chi connectivity index (χ2n) is 8.44. The third-order valence-electron chi connectivity index (χ3n) is 4.84. The lowest BCUT2D eigenvalue weighted by molar-refractivity contribution is 0.104. The molecule has 29 heavy (non-hydrogen) atoms. The van der Waals surface area contributed by atoms with Gasteiger partial charge in [0.1, 0.15) is 18.5 Å². The molecule has 7 heteroatoms. The highest BCUT2D eigenvalue weighted by Gasteiger charge is 2.16. The minimum atomic E-state index is -3.70. The molecule has 2 atom stereocenters. The van der Waals surface area contributed by atoms with E-state index in [1.807, 2.05) is 19.9 Å². The Morgan fingerprint density at radius 3 is 2.28 bits per heavy atom. The largest absolute Gasteiger partial charge is 0.491 e. The third kappa shape index (κ3) is 6.82. The monoisotopic (exact) mass is 420 g/mol. The third-order valence-corrected chi connectivity index (χ3v) is 5.77. The molecule has 0 unspecified atom stereocenters. The predicted octanol–water partition coefficient (Wildman–Crippen LogP) is 3.03. The van der Waals surface area contributed by atoms with Crippen LogP contribution in [-0.2, 0) is 15.4 Å². The first-order valence-electron chi connectivity index (χ1n) is 9.66. The van der Waals surface area contributed by atoms with Crippen molar-refractivity contribution in [3.05, 3.63) is 59.2 Å². The van der Waals surface area contributed by atoms with Gasteiger partial charge in [0.15, 0.2) is 0 Å². The molecular formula is C22H32N2O4S. The molecule has 0 spiro atoms. The van der Waals surface area contributed by atoms with Gasteiger partial charge in [0.25, 0.3) is 0 Å². The Balaban J connectivity index is 1.86. The zero-order valence-electron chi connectivity index (χ0n) is 17.8. The number of rotatable bonds is 8. The van der Waals surface area contributed by atoms with E-state index in [4.69, 9.17) is 9.88 Å².